The van der Waals surface area contributed by atoms with Gasteiger partial charge in [0.05, 0.1) is 21.3 Å². The number of halogens is 3. The molecule has 1 atom stereocenters. The lowest BCUT2D eigenvalue weighted by molar-refractivity contribution is -0.136. The van der Waals surface area contributed by atoms with Crippen LogP contribution in [0.25, 0.3) is 10.2 Å². The molecule has 1 aliphatic carbocycles. The van der Waals surface area contributed by atoms with E-state index in [1.54, 1.807) is 4.90 Å². The molecule has 2 aliphatic rings. The lowest BCUT2D eigenvalue weighted by Gasteiger charge is -2.33. The van der Waals surface area contributed by atoms with Gasteiger partial charge in [0.15, 0.2) is 0 Å². The van der Waals surface area contributed by atoms with Crippen molar-refractivity contribution < 1.29 is 27.5 Å². The van der Waals surface area contributed by atoms with Crippen molar-refractivity contribution in [1.82, 2.24) is 15.6 Å². The van der Waals surface area contributed by atoms with E-state index < -0.39 is 23.7 Å². The molecule has 2 amide bonds. The van der Waals surface area contributed by atoms with Crippen LogP contribution in [0.3, 0.4) is 0 Å². The summed E-state index contributed by atoms with van der Waals surface area (Å²) in [5.41, 5.74) is -0.614. The quantitative estimate of drug-likeness (QED) is 0.686. The summed E-state index contributed by atoms with van der Waals surface area (Å²) in [6.45, 7) is 2.74. The number of fused-ring (bicyclic) bond motifs is 1. The molecule has 3 heterocycles. The van der Waals surface area contributed by atoms with E-state index in [1.807, 2.05) is 6.92 Å². The highest BCUT2D eigenvalue weighted by molar-refractivity contribution is 7.17. The molecule has 2 aromatic rings. The highest BCUT2D eigenvalue weighted by Gasteiger charge is 2.36. The van der Waals surface area contributed by atoms with Crippen LogP contribution in [-0.2, 0) is 10.9 Å². The van der Waals surface area contributed by atoms with Crippen LogP contribution in [0, 0.1) is 5.92 Å². The number of nitrogens with one attached hydrogen (secondary N) is 2. The highest BCUT2D eigenvalue weighted by atomic mass is 32.1. The second-order valence-electron chi connectivity index (χ2n) is 8.29. The molecule has 11 heteroatoms. The number of pyridine rings is 1. The average molecular weight is 471 g/mol. The first kappa shape index (κ1) is 22.6. The molecule has 4 rings (SSSR count). The number of amides is 2. The minimum atomic E-state index is -4.57. The van der Waals surface area contributed by atoms with E-state index in [4.69, 9.17) is 4.74 Å². The van der Waals surface area contributed by atoms with Crippen LogP contribution in [0.2, 0.25) is 0 Å². The Bertz CT molecular complexity index is 1010. The molecule has 1 saturated carbocycles. The molecule has 32 heavy (non-hydrogen) atoms. The number of hydrogen-bond donors (Lipinski definition) is 2. The minimum absolute atomic E-state index is 0.0519. The van der Waals surface area contributed by atoms with Gasteiger partial charge >= 0.3 is 12.3 Å². The molecule has 0 spiro atoms. The van der Waals surface area contributed by atoms with Gasteiger partial charge in [-0.25, -0.2) is 9.78 Å². The van der Waals surface area contributed by atoms with Crippen molar-refractivity contribution in [3.05, 3.63) is 22.6 Å². The third-order valence-corrected chi connectivity index (χ3v) is 7.01. The van der Waals surface area contributed by atoms with Gasteiger partial charge in [0, 0.05) is 31.6 Å². The number of thiophene rings is 1. The monoisotopic (exact) mass is 470 g/mol. The molecule has 7 nitrogen and oxygen atoms in total. The summed E-state index contributed by atoms with van der Waals surface area (Å²) in [5.74, 6) is 0.149. The van der Waals surface area contributed by atoms with Gasteiger partial charge in [-0.3, -0.25) is 4.79 Å². The normalized spacial score (nSPS) is 18.5. The van der Waals surface area contributed by atoms with Gasteiger partial charge in [0.25, 0.3) is 5.91 Å². The van der Waals surface area contributed by atoms with Crippen molar-refractivity contribution in [3.63, 3.8) is 0 Å². The fourth-order valence-electron chi connectivity index (χ4n) is 3.95. The first-order valence-corrected chi connectivity index (χ1v) is 11.5. The Labute approximate surface area is 187 Å². The average Bonchev–Trinajstić information content (AvgIpc) is 3.52. The summed E-state index contributed by atoms with van der Waals surface area (Å²) >= 11 is 0.862. The van der Waals surface area contributed by atoms with Gasteiger partial charge in [-0.15, -0.1) is 11.3 Å². The Morgan fingerprint density at radius 3 is 2.53 bits per heavy atom. The Hall–Kier alpha value is -2.56. The van der Waals surface area contributed by atoms with Crippen molar-refractivity contribution in [2.24, 2.45) is 5.92 Å². The molecule has 0 radical (unpaired) electrons. The number of carbonyl (C=O) groups is 2. The number of piperidine rings is 1. The van der Waals surface area contributed by atoms with Crippen LogP contribution in [0.15, 0.2) is 11.4 Å². The van der Waals surface area contributed by atoms with E-state index in [1.165, 1.54) is 12.4 Å². The van der Waals surface area contributed by atoms with Gasteiger partial charge in [-0.2, -0.15) is 13.2 Å². The summed E-state index contributed by atoms with van der Waals surface area (Å²) in [5, 5.41) is 6.71. The van der Waals surface area contributed by atoms with E-state index in [-0.39, 0.29) is 33.7 Å². The summed E-state index contributed by atoms with van der Waals surface area (Å²) in [4.78, 5) is 30.4. The number of aromatic nitrogens is 1. The number of nitrogens with zero attached hydrogens (tertiary/aromatic N) is 2. The lowest BCUT2D eigenvalue weighted by Crippen LogP contribution is -2.45. The predicted octanol–water partition coefficient (Wildman–Crippen LogP) is 4.17. The zero-order valence-corrected chi connectivity index (χ0v) is 18.6. The zero-order valence-electron chi connectivity index (χ0n) is 17.8. The molecule has 2 N–H and O–H groups in total. The molecule has 1 saturated heterocycles. The van der Waals surface area contributed by atoms with Crippen LogP contribution in [0.4, 0.5) is 23.8 Å². The van der Waals surface area contributed by atoms with E-state index in [2.05, 4.69) is 15.6 Å². The Morgan fingerprint density at radius 1 is 1.25 bits per heavy atom. The Kier molecular flexibility index (Phi) is 6.19. The molecule has 2 aromatic heterocycles. The highest BCUT2D eigenvalue weighted by Crippen LogP contribution is 2.40. The number of alkyl halides is 3. The number of hydrogen-bond acceptors (Lipinski definition) is 6. The van der Waals surface area contributed by atoms with Gasteiger partial charge < -0.3 is 20.3 Å². The van der Waals surface area contributed by atoms with Crippen molar-refractivity contribution >= 4 is 39.4 Å². The third-order valence-electron chi connectivity index (χ3n) is 6.01. The van der Waals surface area contributed by atoms with Crippen LogP contribution in [0.5, 0.6) is 0 Å². The standard InChI is InChI=1S/C21H25F3N4O3S/c1-11(12-3-4-12)31-20(30)26-13-5-7-28(8-6-13)16-9-15(21(22,23)24)18-17(27-16)14(10-32-18)19(29)25-2/h9-13H,3-8H2,1-2H3,(H,25,29)(H,26,30)/t11-/m0/s1. The first-order chi connectivity index (χ1) is 15.2. The molecule has 2 fully saturated rings. The van der Waals surface area contributed by atoms with Crippen LogP contribution >= 0.6 is 11.3 Å². The summed E-state index contributed by atoms with van der Waals surface area (Å²) < 4.78 is 46.5. The molecule has 0 unspecified atom stereocenters. The van der Waals surface area contributed by atoms with Gasteiger partial charge in [-0.1, -0.05) is 0 Å². The maximum atomic E-state index is 13.7. The first-order valence-electron chi connectivity index (χ1n) is 10.6. The largest absolute Gasteiger partial charge is 0.446 e. The fourth-order valence-corrected chi connectivity index (χ4v) is 4.97. The number of alkyl carbamates (subject to hydrolysis) is 1. The summed E-state index contributed by atoms with van der Waals surface area (Å²) in [6.07, 6.45) is -1.85. The molecule has 0 aromatic carbocycles. The maximum Gasteiger partial charge on any atom is 0.417 e. The Morgan fingerprint density at radius 2 is 1.94 bits per heavy atom. The van der Waals surface area contributed by atoms with Gasteiger partial charge in [0.1, 0.15) is 11.9 Å². The molecular formula is C21H25F3N4O3S. The number of ether oxygens (including phenoxy) is 1. The summed E-state index contributed by atoms with van der Waals surface area (Å²) in [6, 6.07) is 0.935. The van der Waals surface area contributed by atoms with Crippen LogP contribution in [-0.4, -0.2) is 49.3 Å². The van der Waals surface area contributed by atoms with Gasteiger partial charge in [-0.05, 0) is 44.6 Å². The van der Waals surface area contributed by atoms with E-state index in [9.17, 15) is 22.8 Å². The smallest absolute Gasteiger partial charge is 0.417 e. The van der Waals surface area contributed by atoms with E-state index >= 15 is 0 Å². The van der Waals surface area contributed by atoms with Crippen LogP contribution in [0.1, 0.15) is 48.5 Å². The second kappa shape index (κ2) is 8.76. The van der Waals surface area contributed by atoms with Crippen molar-refractivity contribution in [2.45, 2.75) is 50.9 Å². The van der Waals surface area contributed by atoms with E-state index in [0.29, 0.717) is 31.8 Å². The van der Waals surface area contributed by atoms with Crippen molar-refractivity contribution in [2.75, 3.05) is 25.0 Å². The fraction of sp³-hybridized carbons (Fsp3) is 0.571. The Balaban J connectivity index is 1.49. The van der Waals surface area contributed by atoms with Crippen molar-refractivity contribution in [3.8, 4) is 0 Å². The third kappa shape index (κ3) is 4.77. The number of rotatable bonds is 5. The molecule has 174 valence electrons. The van der Waals surface area contributed by atoms with Crippen LogP contribution < -0.4 is 15.5 Å². The van der Waals surface area contributed by atoms with E-state index in [0.717, 1.165) is 30.2 Å². The number of carbonyl (C=O) groups excluding carboxylic acids is 2. The molecule has 1 aliphatic heterocycles. The lowest BCUT2D eigenvalue weighted by atomic mass is 10.0. The maximum absolute atomic E-state index is 13.7. The molecule has 0 bridgehead atoms. The van der Waals surface area contributed by atoms with Gasteiger partial charge in [0.2, 0.25) is 0 Å². The molecular weight excluding hydrogens is 445 g/mol. The summed E-state index contributed by atoms with van der Waals surface area (Å²) in [7, 11) is 1.43. The topological polar surface area (TPSA) is 83.6 Å². The zero-order chi connectivity index (χ0) is 23.0. The minimum Gasteiger partial charge on any atom is -0.446 e. The second-order valence-corrected chi connectivity index (χ2v) is 9.17. The predicted molar refractivity (Wildman–Crippen MR) is 115 cm³/mol. The number of anilines is 1. The SMILES string of the molecule is CNC(=O)c1csc2c(C(F)(F)F)cc(N3CCC(NC(=O)O[C@@H](C)C4CC4)CC3)nc12. The van der Waals surface area contributed by atoms with Crippen molar-refractivity contribution in [1.29, 1.82) is 0 Å².